The molecule has 596 valence electrons. The lowest BCUT2D eigenvalue weighted by molar-refractivity contribution is -0.314. The van der Waals surface area contributed by atoms with Crippen LogP contribution in [-0.4, -0.2) is 92.2 Å². The first-order chi connectivity index (χ1) is 57.5. The van der Waals surface area contributed by atoms with Crippen LogP contribution < -0.4 is 18.9 Å². The molecule has 4 amide bonds. The maximum Gasteiger partial charge on any atom is 0.434 e. The predicted molar refractivity (Wildman–Crippen MR) is 414 cm³/mol. The third-order valence-electron chi connectivity index (χ3n) is 20.3. The van der Waals surface area contributed by atoms with E-state index in [1.165, 1.54) is 48.5 Å². The summed E-state index contributed by atoms with van der Waals surface area (Å²) in [5.41, 5.74) is 1.56. The van der Waals surface area contributed by atoms with Gasteiger partial charge in [0.05, 0.1) is 22.3 Å². The fourth-order valence-corrected chi connectivity index (χ4v) is 15.1. The number of fused-ring (bicyclic) bond motifs is 2. The number of carbonyl (C=O) groups is 6. The van der Waals surface area contributed by atoms with E-state index in [0.717, 1.165) is 95.6 Å². The second-order valence-corrected chi connectivity index (χ2v) is 27.8. The highest BCUT2D eigenvalue weighted by Gasteiger charge is 2.62. The van der Waals surface area contributed by atoms with Gasteiger partial charge in [0.1, 0.15) is 46.0 Å². The first-order valence-electron chi connectivity index (χ1n) is 36.5. The summed E-state index contributed by atoms with van der Waals surface area (Å²) in [7, 11) is 0. The van der Waals surface area contributed by atoms with Gasteiger partial charge >= 0.3 is 36.6 Å². The molecule has 0 N–H and O–H groups in total. The van der Waals surface area contributed by atoms with Gasteiger partial charge in [-0.1, -0.05) is 182 Å². The fourth-order valence-electron chi connectivity index (χ4n) is 15.1. The van der Waals surface area contributed by atoms with E-state index in [0.29, 0.717) is 22.3 Å². The van der Waals surface area contributed by atoms with Crippen LogP contribution >= 0.6 is 0 Å². The van der Waals surface area contributed by atoms with Crippen LogP contribution in [0.2, 0.25) is 0 Å². The molecule has 2 aliphatic rings. The van der Waals surface area contributed by atoms with Gasteiger partial charge < -0.3 is 28.4 Å². The molecule has 17 rings (SSSR count). The zero-order valence-electron chi connectivity index (χ0n) is 61.2. The van der Waals surface area contributed by atoms with Gasteiger partial charge in [-0.15, -0.1) is 0 Å². The monoisotopic (exact) mass is 1630 g/mol. The molecule has 0 spiro atoms. The lowest BCUT2D eigenvalue weighted by Gasteiger charge is -2.36. The number of halogens is 12. The smallest absolute Gasteiger partial charge is 0.434 e. The first kappa shape index (κ1) is 77.6. The Morgan fingerprint density at radius 1 is 0.275 bits per heavy atom. The molecule has 120 heavy (non-hydrogen) atoms. The van der Waals surface area contributed by atoms with Crippen LogP contribution in [0.3, 0.4) is 0 Å². The zero-order valence-corrected chi connectivity index (χ0v) is 61.2. The summed E-state index contributed by atoms with van der Waals surface area (Å²) < 4.78 is 213. The van der Waals surface area contributed by atoms with Gasteiger partial charge in [-0.3, -0.25) is 38.9 Å². The Bertz CT molecular complexity index is 5810. The van der Waals surface area contributed by atoms with Crippen molar-refractivity contribution in [2.45, 2.75) is 49.0 Å². The summed E-state index contributed by atoms with van der Waals surface area (Å²) in [5, 5.41) is -2.21. The number of hydrogen-bond acceptors (Lipinski definition) is 14. The summed E-state index contributed by atoms with van der Waals surface area (Å²) in [5.74, 6) is -13.1. The standard InChI is InChI=1S/C92H52F12N4O12/c93-89(94,95)87(90(96,97)98)119-85(113)79(57-23-13-41-105-47-57)107-81(109)63-43-67(115-59-33-25-53(26-34-59)49-15-5-1-6-16-49)73-74-68(116-60-35-27-54(28-36-60)50-17-7-2-8-18-50)44-65-72-66(84(112)108(83(65)111)80(58-24-14-42-106-48-58)86(114)120-88(91(99,100)101)92(102,103)104)46-70(118-62-39-31-56(32-40-62)52-21-11-4-12-22-52)76(78(72)74)75-69(45-64(82(107)110)71(63)77(73)75)117-61-37-29-55(30-38-61)51-19-9-3-10-20-51/h1-48,79-80,87-88H. The van der Waals surface area contributed by atoms with Crippen LogP contribution in [0.15, 0.2) is 292 Å². The van der Waals surface area contributed by atoms with E-state index in [1.54, 1.807) is 121 Å². The molecular formula is C92H52F12N4O12. The summed E-state index contributed by atoms with van der Waals surface area (Å²) in [6.07, 6.45) is -31.1. The van der Waals surface area contributed by atoms with Gasteiger partial charge in [0.2, 0.25) is 0 Å². The molecule has 28 heteroatoms. The van der Waals surface area contributed by atoms with Crippen molar-refractivity contribution in [2.24, 2.45) is 0 Å². The molecule has 15 aromatic rings. The van der Waals surface area contributed by atoms with Gasteiger partial charge in [0, 0.05) is 79.0 Å². The Morgan fingerprint density at radius 2 is 0.500 bits per heavy atom. The van der Waals surface area contributed by atoms with Crippen molar-refractivity contribution in [3.05, 3.63) is 325 Å². The maximum absolute atomic E-state index is 16.5. The van der Waals surface area contributed by atoms with Crippen molar-refractivity contribution in [3.8, 4) is 90.5 Å². The summed E-state index contributed by atoms with van der Waals surface area (Å²) in [6.45, 7) is 0. The third-order valence-corrected chi connectivity index (χ3v) is 20.3. The molecular weight excluding hydrogens is 1580 g/mol. The minimum Gasteiger partial charge on any atom is -0.457 e. The van der Waals surface area contributed by atoms with Gasteiger partial charge in [0.25, 0.3) is 35.8 Å². The Balaban J connectivity index is 1.02. The highest BCUT2D eigenvalue weighted by atomic mass is 19.4. The van der Waals surface area contributed by atoms with Crippen molar-refractivity contribution in [1.29, 1.82) is 0 Å². The number of aromatic nitrogens is 2. The molecule has 0 fully saturated rings. The number of pyridine rings is 2. The lowest BCUT2D eigenvalue weighted by Crippen LogP contribution is -2.50. The minimum absolute atomic E-state index is 0.0494. The van der Waals surface area contributed by atoms with Crippen LogP contribution in [0, 0.1) is 0 Å². The highest BCUT2D eigenvalue weighted by molar-refractivity contribution is 6.45. The summed E-state index contributed by atoms with van der Waals surface area (Å²) in [4.78, 5) is 104. The second kappa shape index (κ2) is 30.3. The summed E-state index contributed by atoms with van der Waals surface area (Å²) >= 11 is 0. The Morgan fingerprint density at radius 3 is 0.708 bits per heavy atom. The Labute approximate surface area is 669 Å². The van der Waals surface area contributed by atoms with Gasteiger partial charge in [-0.25, -0.2) is 9.59 Å². The molecule has 0 radical (unpaired) electrons. The number of imide groups is 2. The number of alkyl halides is 12. The Hall–Kier alpha value is -15.0. The zero-order chi connectivity index (χ0) is 83.8. The number of benzene rings is 13. The lowest BCUT2D eigenvalue weighted by atomic mass is 9.80. The fraction of sp³-hybridized carbons (Fsp3) is 0.0870. The van der Waals surface area contributed by atoms with Gasteiger partial charge in [-0.05, 0) is 129 Å². The normalized spacial score (nSPS) is 13.7. The molecule has 2 aromatic heterocycles. The first-order valence-corrected chi connectivity index (χ1v) is 36.5. The second-order valence-electron chi connectivity index (χ2n) is 27.8. The molecule has 2 atom stereocenters. The number of amides is 4. The number of rotatable bonds is 20. The third kappa shape index (κ3) is 14.4. The van der Waals surface area contributed by atoms with Gasteiger partial charge in [0.15, 0.2) is 12.1 Å². The van der Waals surface area contributed by atoms with Gasteiger partial charge in [-0.2, -0.15) is 52.7 Å². The van der Waals surface area contributed by atoms with Crippen molar-refractivity contribution in [3.63, 3.8) is 0 Å². The van der Waals surface area contributed by atoms with Crippen molar-refractivity contribution < 1.29 is 110 Å². The van der Waals surface area contributed by atoms with E-state index < -0.39 is 152 Å². The van der Waals surface area contributed by atoms with Crippen molar-refractivity contribution in [2.75, 3.05) is 0 Å². The molecule has 2 unspecified atom stereocenters. The van der Waals surface area contributed by atoms with Crippen LogP contribution in [0.4, 0.5) is 52.7 Å². The summed E-state index contributed by atoms with van der Waals surface area (Å²) in [6, 6.07) is 63.9. The largest absolute Gasteiger partial charge is 0.457 e. The van der Waals surface area contributed by atoms with E-state index >= 15 is 19.2 Å². The van der Waals surface area contributed by atoms with E-state index in [1.807, 2.05) is 48.5 Å². The molecule has 0 bridgehead atoms. The Kier molecular flexibility index (Phi) is 19.6. The van der Waals surface area contributed by atoms with E-state index in [4.69, 9.17) is 18.9 Å². The molecule has 2 aliphatic heterocycles. The van der Waals surface area contributed by atoms with Crippen molar-refractivity contribution in [1.82, 2.24) is 19.8 Å². The molecule has 16 nitrogen and oxygen atoms in total. The molecule has 0 saturated carbocycles. The van der Waals surface area contributed by atoms with E-state index in [9.17, 15) is 62.3 Å². The SMILES string of the molecule is O=C(OC(C(F)(F)F)C(F)(F)F)C(c1cccnc1)N1C(=O)c2cc(Oc3ccc(-c4ccccc4)cc3)c3c4c(Oc5ccc(-c6ccccc6)cc5)cc5c6c(cc(Oc7ccc(-c8ccccc8)cc7)c(c7c(Oc8ccc(-c9ccccc9)cc8)cc(c2c37)C1=O)c64)C(=O)N(C(C(=O)OC(C(F)(F)F)C(F)(F)F)c1cccnc1)C5=O. The predicted octanol–water partition coefficient (Wildman–Crippen LogP) is 23.1. The maximum atomic E-state index is 16.5. The number of esters is 2. The topological polar surface area (TPSA) is 190 Å². The average Bonchev–Trinajstić information content (AvgIpc) is 0.669. The molecule has 13 aromatic carbocycles. The molecule has 0 aliphatic carbocycles. The van der Waals surface area contributed by atoms with Crippen LogP contribution in [-0.2, 0) is 19.1 Å². The van der Waals surface area contributed by atoms with E-state index in [2.05, 4.69) is 19.4 Å². The molecule has 0 saturated heterocycles. The molecule has 4 heterocycles. The quantitative estimate of drug-likeness (QED) is 0.0230. The van der Waals surface area contributed by atoms with Crippen LogP contribution in [0.1, 0.15) is 64.6 Å². The number of hydrogen-bond donors (Lipinski definition) is 0. The number of carbonyl (C=O) groups excluding carboxylic acids is 6. The average molecular weight is 1630 g/mol. The van der Waals surface area contributed by atoms with Crippen LogP contribution in [0.25, 0.3) is 87.6 Å². The number of ether oxygens (including phenoxy) is 6. The van der Waals surface area contributed by atoms with Crippen molar-refractivity contribution >= 4 is 78.7 Å². The minimum atomic E-state index is -6.33. The van der Waals surface area contributed by atoms with E-state index in [-0.39, 0.29) is 65.1 Å². The van der Waals surface area contributed by atoms with Crippen LogP contribution in [0.5, 0.6) is 46.0 Å². The number of nitrogens with zero attached hydrogens (tertiary/aromatic N) is 4. The highest BCUT2D eigenvalue weighted by Crippen LogP contribution is 2.59.